The van der Waals surface area contributed by atoms with Gasteiger partial charge in [-0.05, 0) is 0 Å². The highest BCUT2D eigenvalue weighted by atomic mass is 32.1. The Bertz CT molecular complexity index is 446. The number of carbonyl (C=O) groups is 3. The van der Waals surface area contributed by atoms with Crippen LogP contribution in [0.3, 0.4) is 0 Å². The molecule has 9 nitrogen and oxygen atoms in total. The lowest BCUT2D eigenvalue weighted by Gasteiger charge is -2.52. The van der Waals surface area contributed by atoms with Crippen LogP contribution in [0.1, 0.15) is 0 Å². The Kier molecular flexibility index (Phi) is 8.20. The lowest BCUT2D eigenvalue weighted by atomic mass is 9.58. The smallest absolute Gasteiger partial charge is 0.317 e. The summed E-state index contributed by atoms with van der Waals surface area (Å²) in [7, 11) is 0. The quantitative estimate of drug-likeness (QED) is 0.193. The maximum absolute atomic E-state index is 11.4. The van der Waals surface area contributed by atoms with Gasteiger partial charge in [0.1, 0.15) is 15.7 Å². The summed E-state index contributed by atoms with van der Waals surface area (Å²) in [6.07, 6.45) is 0. The van der Waals surface area contributed by atoms with Crippen LogP contribution in [0, 0.1) is 10.8 Å². The van der Waals surface area contributed by atoms with Crippen molar-refractivity contribution in [2.45, 2.75) is 15.7 Å². The van der Waals surface area contributed by atoms with E-state index in [0.717, 1.165) is 0 Å². The number of aliphatic hydroxyl groups excluding tert-OH is 3. The van der Waals surface area contributed by atoms with E-state index in [1.165, 1.54) is 0 Å². The highest BCUT2D eigenvalue weighted by Crippen LogP contribution is 2.52. The molecule has 0 rings (SSSR count). The first-order chi connectivity index (χ1) is 10.5. The fourth-order valence-corrected chi connectivity index (χ4v) is 3.97. The summed E-state index contributed by atoms with van der Waals surface area (Å²) in [5.74, 6) is -5.05. The Morgan fingerprint density at radius 1 is 0.696 bits per heavy atom. The molecule has 0 radical (unpaired) electrons. The molecule has 0 aliphatic rings. The molecule has 0 saturated heterocycles. The molecule has 0 amide bonds. The standard InChI is InChI=1S/C11H18O9S3/c12-1-10(2-13,4(21)7(15)16)11(3-14,5(22)8(17)18)6(23)9(19)20/h4-6,12-14,21-23H,1-3H2,(H,15,16)(H,17,18)(H,19,20). The summed E-state index contributed by atoms with van der Waals surface area (Å²) in [6.45, 7) is -3.60. The van der Waals surface area contributed by atoms with Crippen LogP contribution in [0.25, 0.3) is 0 Å². The van der Waals surface area contributed by atoms with E-state index in [0.29, 0.717) is 0 Å². The van der Waals surface area contributed by atoms with E-state index in [9.17, 15) is 39.9 Å². The van der Waals surface area contributed by atoms with Crippen LogP contribution in [0.4, 0.5) is 0 Å². The molecule has 0 heterocycles. The van der Waals surface area contributed by atoms with Crippen molar-refractivity contribution in [1.29, 1.82) is 0 Å². The summed E-state index contributed by atoms with van der Waals surface area (Å²) < 4.78 is 0. The first-order valence-electron chi connectivity index (χ1n) is 6.05. The minimum Gasteiger partial charge on any atom is -0.480 e. The number of carboxylic acids is 3. The molecule has 134 valence electrons. The predicted octanol–water partition coefficient (Wildman–Crippen LogP) is -1.91. The van der Waals surface area contributed by atoms with Gasteiger partial charge in [-0.25, -0.2) is 0 Å². The second-order valence-corrected chi connectivity index (χ2v) is 6.44. The van der Waals surface area contributed by atoms with E-state index in [1.54, 1.807) is 0 Å². The fraction of sp³-hybridized carbons (Fsp3) is 0.727. The summed E-state index contributed by atoms with van der Waals surface area (Å²) in [4.78, 5) is 34.0. The van der Waals surface area contributed by atoms with Crippen LogP contribution in [-0.2, 0) is 14.4 Å². The van der Waals surface area contributed by atoms with Gasteiger partial charge in [-0.15, -0.1) is 0 Å². The van der Waals surface area contributed by atoms with Crippen LogP contribution in [-0.4, -0.2) is 84.1 Å². The molecule has 0 spiro atoms. The lowest BCUT2D eigenvalue weighted by Crippen LogP contribution is -2.67. The zero-order valence-electron chi connectivity index (χ0n) is 11.6. The highest BCUT2D eigenvalue weighted by molar-refractivity contribution is 7.83. The van der Waals surface area contributed by atoms with Crippen molar-refractivity contribution in [1.82, 2.24) is 0 Å². The molecule has 0 aromatic heterocycles. The third kappa shape index (κ3) is 3.56. The predicted molar refractivity (Wildman–Crippen MR) is 87.4 cm³/mol. The third-order valence-electron chi connectivity index (χ3n) is 3.95. The number of aliphatic hydroxyl groups is 3. The van der Waals surface area contributed by atoms with Crippen molar-refractivity contribution in [3.8, 4) is 0 Å². The molecule has 0 bridgehead atoms. The van der Waals surface area contributed by atoms with Crippen molar-refractivity contribution in [2.24, 2.45) is 10.8 Å². The second kappa shape index (κ2) is 8.44. The molecule has 0 aliphatic carbocycles. The van der Waals surface area contributed by atoms with Gasteiger partial charge >= 0.3 is 17.9 Å². The van der Waals surface area contributed by atoms with Gasteiger partial charge in [-0.3, -0.25) is 14.4 Å². The average molecular weight is 390 g/mol. The maximum Gasteiger partial charge on any atom is 0.317 e. The molecule has 12 heteroatoms. The van der Waals surface area contributed by atoms with Gasteiger partial charge in [0.25, 0.3) is 0 Å². The molecule has 0 fully saturated rings. The molecule has 23 heavy (non-hydrogen) atoms. The van der Waals surface area contributed by atoms with Crippen LogP contribution >= 0.6 is 37.9 Å². The van der Waals surface area contributed by atoms with Gasteiger partial charge in [-0.1, -0.05) is 0 Å². The molecule has 0 aliphatic heterocycles. The lowest BCUT2D eigenvalue weighted by molar-refractivity contribution is -0.163. The minimum absolute atomic E-state index is 1.18. The Morgan fingerprint density at radius 3 is 1.17 bits per heavy atom. The molecule has 3 unspecified atom stereocenters. The summed E-state index contributed by atoms with van der Waals surface area (Å²) >= 11 is 11.3. The van der Waals surface area contributed by atoms with Gasteiger partial charge in [0.2, 0.25) is 0 Å². The number of thiol groups is 3. The van der Waals surface area contributed by atoms with Gasteiger partial charge in [-0.2, -0.15) is 37.9 Å². The number of hydrogen-bond acceptors (Lipinski definition) is 9. The van der Waals surface area contributed by atoms with Crippen molar-refractivity contribution in [3.05, 3.63) is 0 Å². The molecule has 0 aromatic rings. The Morgan fingerprint density at radius 2 is 1.00 bits per heavy atom. The molecular weight excluding hydrogens is 372 g/mol. The minimum atomic E-state index is -2.45. The van der Waals surface area contributed by atoms with Crippen LogP contribution in [0.5, 0.6) is 0 Å². The second-order valence-electron chi connectivity index (χ2n) is 4.89. The van der Waals surface area contributed by atoms with E-state index in [2.05, 4.69) is 37.9 Å². The van der Waals surface area contributed by atoms with Crippen LogP contribution < -0.4 is 0 Å². The molecular formula is C11H18O9S3. The highest BCUT2D eigenvalue weighted by Gasteiger charge is 2.65. The number of hydrogen-bond donors (Lipinski definition) is 9. The Balaban J connectivity index is 6.74. The zero-order valence-corrected chi connectivity index (χ0v) is 14.3. The van der Waals surface area contributed by atoms with E-state index in [1.807, 2.05) is 0 Å². The number of aliphatic carboxylic acids is 3. The SMILES string of the molecule is O=C(O)C(S)C(CO)(CO)C(CO)(C(S)C(=O)O)C(S)C(=O)O. The fourth-order valence-electron chi connectivity index (χ4n) is 2.47. The van der Waals surface area contributed by atoms with E-state index < -0.39 is 64.3 Å². The van der Waals surface area contributed by atoms with Gasteiger partial charge in [0, 0.05) is 10.8 Å². The van der Waals surface area contributed by atoms with Crippen molar-refractivity contribution >= 4 is 55.8 Å². The van der Waals surface area contributed by atoms with Gasteiger partial charge in [0.05, 0.1) is 19.8 Å². The van der Waals surface area contributed by atoms with Crippen LogP contribution in [0.2, 0.25) is 0 Å². The monoisotopic (exact) mass is 390 g/mol. The zero-order chi connectivity index (χ0) is 18.6. The first-order valence-corrected chi connectivity index (χ1v) is 7.60. The molecule has 3 atom stereocenters. The Hall–Kier alpha value is -0.660. The topological polar surface area (TPSA) is 173 Å². The molecule has 0 aromatic carbocycles. The van der Waals surface area contributed by atoms with E-state index in [4.69, 9.17) is 5.11 Å². The summed E-state index contributed by atoms with van der Waals surface area (Å²) in [5, 5.41) is 50.9. The molecule has 6 N–H and O–H groups in total. The first kappa shape index (κ1) is 22.3. The summed E-state index contributed by atoms with van der Waals surface area (Å²) in [5.41, 5.74) is -4.81. The van der Waals surface area contributed by atoms with Crippen molar-refractivity contribution in [2.75, 3.05) is 19.8 Å². The van der Waals surface area contributed by atoms with Crippen molar-refractivity contribution < 1.29 is 45.0 Å². The van der Waals surface area contributed by atoms with E-state index in [-0.39, 0.29) is 0 Å². The average Bonchev–Trinajstić information content (AvgIpc) is 2.50. The normalized spacial score (nSPS) is 18.5. The third-order valence-corrected chi connectivity index (χ3v) is 6.03. The van der Waals surface area contributed by atoms with Crippen molar-refractivity contribution in [3.63, 3.8) is 0 Å². The number of rotatable bonds is 10. The van der Waals surface area contributed by atoms with Gasteiger partial charge in [0.15, 0.2) is 0 Å². The largest absolute Gasteiger partial charge is 0.480 e. The number of carboxylic acid groups (broad SMARTS) is 3. The van der Waals surface area contributed by atoms with E-state index >= 15 is 0 Å². The summed E-state index contributed by atoms with van der Waals surface area (Å²) in [6, 6.07) is 0. The Labute approximate surface area is 147 Å². The van der Waals surface area contributed by atoms with Gasteiger partial charge < -0.3 is 30.6 Å². The maximum atomic E-state index is 11.4. The van der Waals surface area contributed by atoms with Crippen LogP contribution in [0.15, 0.2) is 0 Å². The molecule has 0 saturated carbocycles.